The molecule has 7 N–H and O–H groups in total. The number of benzene rings is 9. The van der Waals surface area contributed by atoms with Crippen LogP contribution in [0.25, 0.3) is 0 Å². The molecule has 16 rings (SSSR count). The van der Waals surface area contributed by atoms with Crippen molar-refractivity contribution in [3.63, 3.8) is 0 Å². The Balaban J connectivity index is 0.000000163. The fraction of sp³-hybridized carbons (Fsp3) is 0.277. The molecule has 0 spiro atoms. The first-order chi connectivity index (χ1) is 67.3. The van der Waals surface area contributed by atoms with E-state index in [0.29, 0.717) is 116 Å². The number of nitro benzene ring substituents is 2. The van der Waals surface area contributed by atoms with Gasteiger partial charge in [0.15, 0.2) is 0 Å². The van der Waals surface area contributed by atoms with Gasteiger partial charge in [0.25, 0.3) is 11.4 Å². The predicted molar refractivity (Wildman–Crippen MR) is 519 cm³/mol. The number of nitrogens with two attached hydrogens (primary N) is 2. The molecule has 38 nitrogen and oxygen atoms in total. The Morgan fingerprint density at radius 3 is 1.08 bits per heavy atom. The van der Waals surface area contributed by atoms with Crippen molar-refractivity contribution in [2.24, 2.45) is 0 Å². The summed E-state index contributed by atoms with van der Waals surface area (Å²) in [5.41, 5.74) is 22.3. The molecule has 5 atom stereocenters. The van der Waals surface area contributed by atoms with Crippen molar-refractivity contribution in [1.82, 2.24) is 9.97 Å². The SMILES string of the molecule is COC(=O)CC1CN(Cc2ccccc2)c2cc(N)ccc2O1.COC(=O)CC1CN(Cc2ccccc2)c2cc(N)ccc2O1.COC(=O)CC1CN(Cc2ccccc2)c2cc(NC(=O)CCN(C=O)c3ccccn3)ccc2O1.COC(=O)CC1CN(Cc2ccccc2)c2cc([N+](=O)[O-])ccc2O1.COC(=O)CC1CNc2cc([N+](=O)[O-])ccc2O1.O=CN(CCC(=O)O)c1ccccn1. The van der Waals surface area contributed by atoms with E-state index in [0.717, 1.165) is 52.8 Å². The summed E-state index contributed by atoms with van der Waals surface area (Å²) in [5.74, 6) is 1.36. The first-order valence-electron chi connectivity index (χ1n) is 44.1. The van der Waals surface area contributed by atoms with E-state index in [-0.39, 0.29) is 136 Å². The molecule has 11 aromatic rings. The molecule has 0 aliphatic carbocycles. The number of pyridine rings is 2. The molecule has 9 aromatic carbocycles. The number of non-ortho nitro benzene ring substituents is 2. The zero-order valence-electron chi connectivity index (χ0n) is 77.1. The van der Waals surface area contributed by atoms with Gasteiger partial charge < -0.3 is 94.2 Å². The predicted octanol–water partition coefficient (Wildman–Crippen LogP) is 13.4. The lowest BCUT2D eigenvalue weighted by Crippen LogP contribution is -2.41. The number of fused-ring (bicyclic) bond motifs is 5. The second-order valence-corrected chi connectivity index (χ2v) is 31.8. The summed E-state index contributed by atoms with van der Waals surface area (Å²) < 4.78 is 52.9. The van der Waals surface area contributed by atoms with Crippen molar-refractivity contribution >= 4 is 123 Å². The van der Waals surface area contributed by atoms with Crippen LogP contribution in [-0.4, -0.2) is 191 Å². The van der Waals surface area contributed by atoms with Gasteiger partial charge in [-0.2, -0.15) is 0 Å². The number of nitrogens with one attached hydrogen (secondary N) is 2. The normalized spacial score (nSPS) is 15.1. The molecule has 5 aliphatic rings. The van der Waals surface area contributed by atoms with Gasteiger partial charge in [-0.15, -0.1) is 0 Å². The quantitative estimate of drug-likeness (QED) is 0.00673. The van der Waals surface area contributed by atoms with Gasteiger partial charge in [0.05, 0.1) is 145 Å². The second kappa shape index (κ2) is 52.0. The fourth-order valence-electron chi connectivity index (χ4n) is 15.1. The largest absolute Gasteiger partial charge is 0.486 e. The lowest BCUT2D eigenvalue weighted by atomic mass is 10.1. The van der Waals surface area contributed by atoms with Crippen LogP contribution in [0.2, 0.25) is 0 Å². The average molecular weight is 1900 g/mol. The zero-order chi connectivity index (χ0) is 99.1. The van der Waals surface area contributed by atoms with E-state index < -0.39 is 15.8 Å². The topological polar surface area (TPSA) is 474 Å². The molecule has 38 heteroatoms. The van der Waals surface area contributed by atoms with E-state index in [1.54, 1.807) is 79.1 Å². The summed E-state index contributed by atoms with van der Waals surface area (Å²) in [6.45, 7) is 5.55. The summed E-state index contributed by atoms with van der Waals surface area (Å²) in [6.07, 6.45) is 3.75. The number of carbonyl (C=O) groups is 9. The standard InChI is InChI=1S/C27H28N4O5.C18H18N2O5.2C18H20N2O3.C11H12N2O5.C9H10N2O3/c1-35-27(34)16-22-18-31(17-20-7-3-2-4-8-20)23-15-21(10-11-24(23)36-22)29-26(33)12-14-30(19-32)25-9-5-6-13-28-25;1-24-18(21)10-15-12-19(11-13-5-3-2-4-6-13)16-9-14(20(22)23)7-8-17(16)25-15;2*1-22-18(21)10-15-12-20(11-13-5-3-2-4-6-13)16-9-14(19)7-8-17(16)23-15;1-17-11(14)5-8-6-12-9-4-7(13(15)16)2-3-10(9)18-8;12-7-11(6-4-9(13)14)8-3-1-2-5-10-8/h2-11,13,15,19,22H,12,14,16-18H2,1H3,(H,29,33);2-9,15H,10-12H2,1H3;2*2-9,15H,10-12,19H2,1H3;2-4,8,12H,5-6H2,1H3;1-3,5,7H,4,6H2,(H,13,14). The Morgan fingerprint density at radius 2 is 0.734 bits per heavy atom. The molecule has 0 radical (unpaired) electrons. The van der Waals surface area contributed by atoms with Gasteiger partial charge in [0.1, 0.15) is 70.9 Å². The number of anilines is 10. The molecule has 5 unspecified atom stereocenters. The van der Waals surface area contributed by atoms with Crippen LogP contribution < -0.4 is 75.2 Å². The maximum atomic E-state index is 12.6. The number of carboxylic acid groups (broad SMARTS) is 1. The number of aliphatic carboxylic acids is 1. The molecule has 726 valence electrons. The van der Waals surface area contributed by atoms with Crippen molar-refractivity contribution in [2.45, 2.75) is 102 Å². The van der Waals surface area contributed by atoms with Crippen LogP contribution in [0.15, 0.2) is 261 Å². The Kier molecular flexibility index (Phi) is 38.3. The molecule has 139 heavy (non-hydrogen) atoms. The van der Waals surface area contributed by atoms with Gasteiger partial charge in [0, 0.05) is 99.4 Å². The van der Waals surface area contributed by atoms with E-state index in [9.17, 15) is 63.4 Å². The van der Waals surface area contributed by atoms with Crippen LogP contribution >= 0.6 is 0 Å². The molecule has 0 bridgehead atoms. The first kappa shape index (κ1) is 102. The Bertz CT molecular complexity index is 5830. The fourth-order valence-corrected chi connectivity index (χ4v) is 15.1. The number of amides is 3. The van der Waals surface area contributed by atoms with Crippen LogP contribution in [0.4, 0.5) is 68.5 Å². The van der Waals surface area contributed by atoms with Gasteiger partial charge >= 0.3 is 35.8 Å². The van der Waals surface area contributed by atoms with Crippen LogP contribution in [-0.2, 0) is 93.0 Å². The molecule has 0 saturated heterocycles. The van der Waals surface area contributed by atoms with Gasteiger partial charge in [-0.25, -0.2) is 9.97 Å². The minimum atomic E-state index is -0.937. The summed E-state index contributed by atoms with van der Waals surface area (Å²) >= 11 is 0. The number of nitro groups is 2. The molecule has 7 heterocycles. The number of nitrogen functional groups attached to an aromatic ring is 2. The van der Waals surface area contributed by atoms with Gasteiger partial charge in [-0.3, -0.25) is 73.2 Å². The number of nitrogens with zero attached hydrogens (tertiary/aromatic N) is 10. The summed E-state index contributed by atoms with van der Waals surface area (Å²) in [5, 5.41) is 36.0. The van der Waals surface area contributed by atoms with E-state index in [2.05, 4.69) is 64.3 Å². The van der Waals surface area contributed by atoms with Crippen molar-refractivity contribution in [1.29, 1.82) is 0 Å². The van der Waals surface area contributed by atoms with Crippen molar-refractivity contribution in [3.05, 3.63) is 304 Å². The highest BCUT2D eigenvalue weighted by Gasteiger charge is 2.35. The minimum Gasteiger partial charge on any atom is -0.486 e. The monoisotopic (exact) mass is 1900 g/mol. The molecule has 0 fully saturated rings. The Labute approximate surface area is 801 Å². The maximum Gasteiger partial charge on any atom is 0.309 e. The van der Waals surface area contributed by atoms with Crippen LogP contribution in [0.5, 0.6) is 28.7 Å². The van der Waals surface area contributed by atoms with Crippen molar-refractivity contribution < 1.29 is 105 Å². The number of hydrogen-bond acceptors (Lipinski definition) is 32. The average Bonchev–Trinajstić information content (AvgIpc) is 0.811. The highest BCUT2D eigenvalue weighted by molar-refractivity contribution is 5.93. The number of esters is 5. The third-order valence-corrected chi connectivity index (χ3v) is 21.8. The smallest absolute Gasteiger partial charge is 0.309 e. The number of carboxylic acids is 1. The third kappa shape index (κ3) is 31.5. The second-order valence-electron chi connectivity index (χ2n) is 31.8. The molecule has 3 amide bonds. The summed E-state index contributed by atoms with van der Waals surface area (Å²) in [6, 6.07) is 75.8. The number of methoxy groups -OCH3 is 5. The van der Waals surface area contributed by atoms with Gasteiger partial charge in [-0.1, -0.05) is 133 Å². The molecule has 2 aromatic heterocycles. The molecular weight excluding hydrogens is 1790 g/mol. The van der Waals surface area contributed by atoms with Crippen LogP contribution in [0.1, 0.15) is 67.2 Å². The zero-order valence-corrected chi connectivity index (χ0v) is 77.1. The number of ether oxygens (including phenoxy) is 10. The number of aromatic nitrogens is 2. The van der Waals surface area contributed by atoms with Gasteiger partial charge in [0.2, 0.25) is 18.7 Å². The van der Waals surface area contributed by atoms with Crippen LogP contribution in [0, 0.1) is 20.2 Å². The van der Waals surface area contributed by atoms with Gasteiger partial charge in [-0.05, 0) is 113 Å². The third-order valence-electron chi connectivity index (χ3n) is 21.8. The van der Waals surface area contributed by atoms with E-state index in [1.807, 2.05) is 132 Å². The highest BCUT2D eigenvalue weighted by Crippen LogP contribution is 2.43. The molecule has 0 saturated carbocycles. The molecular formula is C101H108N14O24. The van der Waals surface area contributed by atoms with Crippen molar-refractivity contribution in [2.75, 3.05) is 133 Å². The Morgan fingerprint density at radius 1 is 0.417 bits per heavy atom. The maximum absolute atomic E-state index is 12.6. The van der Waals surface area contributed by atoms with E-state index in [1.165, 1.54) is 86.8 Å². The highest BCUT2D eigenvalue weighted by atomic mass is 16.6. The Hall–Kier alpha value is -17.1. The minimum absolute atomic E-state index is 0.00346. The van der Waals surface area contributed by atoms with E-state index in [4.69, 9.17) is 59.2 Å². The summed E-state index contributed by atoms with van der Waals surface area (Å²) in [7, 11) is 6.80. The number of rotatable bonds is 31. The number of hydrogen-bond donors (Lipinski definition) is 5. The van der Waals surface area contributed by atoms with Crippen molar-refractivity contribution in [3.8, 4) is 28.7 Å². The first-order valence-corrected chi connectivity index (χ1v) is 44.1. The summed E-state index contributed by atoms with van der Waals surface area (Å²) in [4.78, 5) is 143. The lowest BCUT2D eigenvalue weighted by Gasteiger charge is -2.36. The number of carbonyl (C=O) groups excluding carboxylic acids is 8. The molecule has 5 aliphatic heterocycles. The van der Waals surface area contributed by atoms with Crippen LogP contribution in [0.3, 0.4) is 0 Å². The lowest BCUT2D eigenvalue weighted by molar-refractivity contribution is -0.385. The van der Waals surface area contributed by atoms with E-state index >= 15 is 0 Å².